The van der Waals surface area contributed by atoms with Gasteiger partial charge in [-0.3, -0.25) is 14.4 Å². The number of ether oxygens (including phenoxy) is 5. The van der Waals surface area contributed by atoms with E-state index in [1.54, 1.807) is 0 Å². The Morgan fingerprint density at radius 2 is 0.797 bits per heavy atom. The molecule has 79 heavy (non-hydrogen) atoms. The summed E-state index contributed by atoms with van der Waals surface area (Å²) in [5, 5.41) is 31.6. The minimum atomic E-state index is -1.91. The van der Waals surface area contributed by atoms with Gasteiger partial charge in [0.05, 0.1) is 6.61 Å². The maximum atomic E-state index is 13.2. The molecule has 12 nitrogen and oxygen atoms in total. The highest BCUT2D eigenvalue weighted by atomic mass is 16.7. The van der Waals surface area contributed by atoms with E-state index in [4.69, 9.17) is 23.7 Å². The number of carboxylic acid groups (broad SMARTS) is 1. The van der Waals surface area contributed by atoms with Crippen LogP contribution in [0.25, 0.3) is 0 Å². The van der Waals surface area contributed by atoms with Crippen molar-refractivity contribution < 1.29 is 58.2 Å². The molecule has 1 heterocycles. The molecule has 452 valence electrons. The van der Waals surface area contributed by atoms with E-state index < -0.39 is 67.3 Å². The van der Waals surface area contributed by atoms with Crippen LogP contribution in [0.15, 0.2) is 85.1 Å². The third-order valence-corrected chi connectivity index (χ3v) is 14.0. The van der Waals surface area contributed by atoms with E-state index in [0.717, 1.165) is 116 Å². The average molecular weight is 1110 g/mol. The Kier molecular flexibility index (Phi) is 50.3. The van der Waals surface area contributed by atoms with E-state index in [1.807, 2.05) is 0 Å². The fourth-order valence-electron chi connectivity index (χ4n) is 9.20. The second-order valence-electron chi connectivity index (χ2n) is 21.3. The average Bonchev–Trinajstić information content (AvgIpc) is 3.46. The lowest BCUT2D eigenvalue weighted by atomic mass is 9.98. The Labute approximate surface area is 480 Å². The molecule has 0 saturated carbocycles. The molecule has 0 radical (unpaired) electrons. The molecule has 0 amide bonds. The molecule has 3 N–H and O–H groups in total. The number of esters is 3. The van der Waals surface area contributed by atoms with E-state index in [2.05, 4.69) is 106 Å². The zero-order valence-electron chi connectivity index (χ0n) is 49.8. The molecular weight excluding hydrogens is 997 g/mol. The quantitative estimate of drug-likeness (QED) is 0.0228. The molecule has 1 rings (SSSR count). The number of carbonyl (C=O) groups is 4. The summed E-state index contributed by atoms with van der Waals surface area (Å²) in [4.78, 5) is 51.2. The molecule has 1 aliphatic heterocycles. The van der Waals surface area contributed by atoms with Gasteiger partial charge in [0.1, 0.15) is 18.8 Å². The van der Waals surface area contributed by atoms with E-state index >= 15 is 0 Å². The van der Waals surface area contributed by atoms with Gasteiger partial charge in [-0.25, -0.2) is 4.79 Å². The molecule has 0 aromatic rings. The minimum absolute atomic E-state index is 0.0549. The van der Waals surface area contributed by atoms with Crippen LogP contribution in [0.1, 0.15) is 265 Å². The van der Waals surface area contributed by atoms with E-state index in [0.29, 0.717) is 19.3 Å². The maximum Gasteiger partial charge on any atom is 0.335 e. The van der Waals surface area contributed by atoms with Crippen molar-refractivity contribution in [3.63, 3.8) is 0 Å². The monoisotopic (exact) mass is 1110 g/mol. The second kappa shape index (κ2) is 54.5. The van der Waals surface area contributed by atoms with Crippen LogP contribution in [0.2, 0.25) is 0 Å². The van der Waals surface area contributed by atoms with Crippen LogP contribution < -0.4 is 0 Å². The van der Waals surface area contributed by atoms with Crippen molar-refractivity contribution in [2.24, 2.45) is 0 Å². The number of hydrogen-bond donors (Lipinski definition) is 3. The second-order valence-corrected chi connectivity index (χ2v) is 21.3. The number of aliphatic hydroxyl groups excluding tert-OH is 2. The van der Waals surface area contributed by atoms with E-state index in [1.165, 1.54) is 89.9 Å². The molecule has 12 heteroatoms. The van der Waals surface area contributed by atoms with Crippen molar-refractivity contribution in [2.45, 2.75) is 302 Å². The van der Waals surface area contributed by atoms with Gasteiger partial charge in [-0.05, 0) is 89.9 Å². The normalized spacial score (nSPS) is 18.4. The number of rotatable bonds is 53. The lowest BCUT2D eigenvalue weighted by Gasteiger charge is -2.40. The topological polar surface area (TPSA) is 175 Å². The van der Waals surface area contributed by atoms with Crippen molar-refractivity contribution in [3.8, 4) is 0 Å². The Hall–Kier alpha value is -4.10. The molecular formula is C67H112O12. The molecule has 6 unspecified atom stereocenters. The molecule has 6 atom stereocenters. The van der Waals surface area contributed by atoms with Gasteiger partial charge in [-0.15, -0.1) is 0 Å². The molecule has 1 saturated heterocycles. The highest BCUT2D eigenvalue weighted by Crippen LogP contribution is 2.27. The van der Waals surface area contributed by atoms with Crippen LogP contribution in [-0.4, -0.2) is 89.2 Å². The molecule has 0 bridgehead atoms. The summed E-state index contributed by atoms with van der Waals surface area (Å²) in [6.07, 6.45) is 58.4. The molecule has 0 aromatic carbocycles. The zero-order chi connectivity index (χ0) is 57.5. The first kappa shape index (κ1) is 72.9. The van der Waals surface area contributed by atoms with Crippen LogP contribution in [0.5, 0.6) is 0 Å². The summed E-state index contributed by atoms with van der Waals surface area (Å²) in [6.45, 7) is 5.74. The number of aliphatic carboxylic acids is 1. The van der Waals surface area contributed by atoms with E-state index in [9.17, 15) is 34.5 Å². The standard InChI is InChI=1S/C67H112O12/c1-4-7-10-13-16-19-22-25-28-29-30-31-34-37-40-43-46-49-52-55-61(70)78-65-63(72)62(71)64(66(73)74)79-67(65)76-57-58(77-60(69)54-51-48-45-42-39-36-33-27-24-21-18-15-12-9-6-3)56-75-59(68)53-50-47-44-41-38-35-32-26-23-20-17-14-11-8-5-2/h8-9,11-12,17-18,20-21,26-27,32-33,38,41,58,62-65,67,71-72H,4-7,10,13-16,19,22-25,28-31,34-37,39-40,42-57H2,1-3H3,(H,73,74)/b11-8-,12-9-,20-17-,21-18-,32-26-,33-27-,41-38-. The Balaban J connectivity index is 2.68. The third kappa shape index (κ3) is 44.3. The zero-order valence-corrected chi connectivity index (χ0v) is 49.8. The van der Waals surface area contributed by atoms with Crippen LogP contribution in [0.3, 0.4) is 0 Å². The van der Waals surface area contributed by atoms with E-state index in [-0.39, 0.29) is 25.9 Å². The predicted octanol–water partition coefficient (Wildman–Crippen LogP) is 16.7. The molecule has 0 spiro atoms. The summed E-state index contributed by atoms with van der Waals surface area (Å²) in [5.74, 6) is -3.19. The van der Waals surface area contributed by atoms with Crippen LogP contribution in [-0.2, 0) is 42.9 Å². The predicted molar refractivity (Wildman–Crippen MR) is 321 cm³/mol. The largest absolute Gasteiger partial charge is 0.479 e. The number of carboxylic acids is 1. The first-order valence-electron chi connectivity index (χ1n) is 31.6. The van der Waals surface area contributed by atoms with Crippen molar-refractivity contribution in [2.75, 3.05) is 13.2 Å². The van der Waals surface area contributed by atoms with Gasteiger partial charge in [0, 0.05) is 19.3 Å². The summed E-state index contributed by atoms with van der Waals surface area (Å²) in [7, 11) is 0. The Morgan fingerprint density at radius 1 is 0.430 bits per heavy atom. The fourth-order valence-corrected chi connectivity index (χ4v) is 9.20. The molecule has 0 aliphatic carbocycles. The van der Waals surface area contributed by atoms with Gasteiger partial charge in [0.2, 0.25) is 0 Å². The number of unbranched alkanes of at least 4 members (excludes halogenated alkanes) is 25. The Bertz CT molecular complexity index is 1700. The smallest absolute Gasteiger partial charge is 0.335 e. The third-order valence-electron chi connectivity index (χ3n) is 14.0. The SMILES string of the molecule is CC/C=C\C/C=C\C/C=C\C/C=C\CCCCC(=O)OCC(COC1OC(C(=O)O)C(O)C(O)C1OC(=O)CCCCCCCCCCCCCCCCCCCCC)OC(=O)CCCCCCC/C=C\C/C=C\C/C=C\CC. The van der Waals surface area contributed by atoms with Crippen LogP contribution in [0, 0.1) is 0 Å². The number of hydrogen-bond acceptors (Lipinski definition) is 11. The van der Waals surface area contributed by atoms with Crippen molar-refractivity contribution in [1.82, 2.24) is 0 Å². The van der Waals surface area contributed by atoms with Gasteiger partial charge in [-0.1, -0.05) is 241 Å². The molecule has 1 aliphatic rings. The molecule has 1 fully saturated rings. The first-order chi connectivity index (χ1) is 38.6. The lowest BCUT2D eigenvalue weighted by Crippen LogP contribution is -2.61. The highest BCUT2D eigenvalue weighted by molar-refractivity contribution is 5.74. The minimum Gasteiger partial charge on any atom is -0.479 e. The van der Waals surface area contributed by atoms with Crippen LogP contribution >= 0.6 is 0 Å². The number of carbonyl (C=O) groups excluding carboxylic acids is 3. The molecule has 0 aromatic heterocycles. The Morgan fingerprint density at radius 3 is 1.24 bits per heavy atom. The number of allylic oxidation sites excluding steroid dienone is 14. The highest BCUT2D eigenvalue weighted by Gasteiger charge is 2.50. The van der Waals surface area contributed by atoms with Crippen molar-refractivity contribution >= 4 is 23.9 Å². The van der Waals surface area contributed by atoms with Gasteiger partial charge in [0.15, 0.2) is 24.6 Å². The van der Waals surface area contributed by atoms with Crippen molar-refractivity contribution in [3.05, 3.63) is 85.1 Å². The fraction of sp³-hybridized carbons (Fsp3) is 0.731. The van der Waals surface area contributed by atoms with Gasteiger partial charge < -0.3 is 39.0 Å². The summed E-state index contributed by atoms with van der Waals surface area (Å²) >= 11 is 0. The van der Waals surface area contributed by atoms with Gasteiger partial charge in [-0.2, -0.15) is 0 Å². The van der Waals surface area contributed by atoms with Gasteiger partial charge >= 0.3 is 23.9 Å². The van der Waals surface area contributed by atoms with Crippen molar-refractivity contribution in [1.29, 1.82) is 0 Å². The maximum absolute atomic E-state index is 13.2. The summed E-state index contributed by atoms with van der Waals surface area (Å²) in [6, 6.07) is 0. The first-order valence-corrected chi connectivity index (χ1v) is 31.6. The summed E-state index contributed by atoms with van der Waals surface area (Å²) in [5.41, 5.74) is 0. The number of aliphatic hydroxyl groups is 2. The summed E-state index contributed by atoms with van der Waals surface area (Å²) < 4.78 is 28.4. The van der Waals surface area contributed by atoms with Gasteiger partial charge in [0.25, 0.3) is 0 Å². The van der Waals surface area contributed by atoms with Crippen LogP contribution in [0.4, 0.5) is 0 Å². The lowest BCUT2D eigenvalue weighted by molar-refractivity contribution is -0.301.